The zero-order chi connectivity index (χ0) is 18.3. The summed E-state index contributed by atoms with van der Waals surface area (Å²) in [4.78, 5) is 0. The smallest absolute Gasteiger partial charge is 0.160 e. The van der Waals surface area contributed by atoms with Gasteiger partial charge in [-0.2, -0.15) is 0 Å². The number of alkyl halides is 8. The number of methoxy groups -OCH3 is 2. The molecule has 2 aliphatic rings. The predicted molar refractivity (Wildman–Crippen MR) is 67.7 cm³/mol. The van der Waals surface area contributed by atoms with Crippen molar-refractivity contribution >= 4 is 0 Å². The van der Waals surface area contributed by atoms with Crippen molar-refractivity contribution in [1.29, 1.82) is 0 Å². The summed E-state index contributed by atoms with van der Waals surface area (Å²) in [6, 6.07) is 0. The van der Waals surface area contributed by atoms with Gasteiger partial charge in [0.2, 0.25) is 0 Å². The van der Waals surface area contributed by atoms with E-state index in [1.54, 1.807) is 0 Å². The van der Waals surface area contributed by atoms with Crippen LogP contribution in [0.2, 0.25) is 0 Å². The lowest BCUT2D eigenvalue weighted by molar-refractivity contribution is -0.192. The van der Waals surface area contributed by atoms with Crippen LogP contribution in [0.5, 0.6) is 0 Å². The first-order chi connectivity index (χ1) is 11.2. The average molecular weight is 370 g/mol. The Morgan fingerprint density at radius 3 is 0.792 bits per heavy atom. The Morgan fingerprint density at radius 2 is 0.625 bits per heavy atom. The van der Waals surface area contributed by atoms with E-state index in [-0.39, 0.29) is 0 Å². The monoisotopic (exact) mass is 370 g/mol. The van der Waals surface area contributed by atoms with Crippen LogP contribution in [0.15, 0.2) is 0 Å². The number of hydrogen-bond donors (Lipinski definition) is 0. The second-order valence-electron chi connectivity index (χ2n) is 6.11. The number of rotatable bonds is 3. The molecule has 8 atom stereocenters. The first-order valence-electron chi connectivity index (χ1n) is 7.37. The minimum Gasteiger partial charge on any atom is -0.375 e. The van der Waals surface area contributed by atoms with Crippen LogP contribution in [0, 0.1) is 11.8 Å². The van der Waals surface area contributed by atoms with Gasteiger partial charge >= 0.3 is 0 Å². The highest BCUT2D eigenvalue weighted by atomic mass is 19.2. The van der Waals surface area contributed by atoms with Crippen LogP contribution >= 0.6 is 0 Å². The third-order valence-electron chi connectivity index (χ3n) is 4.93. The van der Waals surface area contributed by atoms with E-state index in [9.17, 15) is 35.1 Å². The summed E-state index contributed by atoms with van der Waals surface area (Å²) in [6.45, 7) is 0. The van der Waals surface area contributed by atoms with E-state index in [4.69, 9.17) is 0 Å². The first-order valence-corrected chi connectivity index (χ1v) is 7.37. The van der Waals surface area contributed by atoms with Crippen molar-refractivity contribution in [2.24, 2.45) is 11.8 Å². The normalized spacial score (nSPS) is 56.2. The topological polar surface area (TPSA) is 18.5 Å². The van der Waals surface area contributed by atoms with Gasteiger partial charge in [-0.05, 0) is 0 Å². The third kappa shape index (κ3) is 2.89. The molecule has 0 heterocycles. The second-order valence-corrected chi connectivity index (χ2v) is 6.11. The van der Waals surface area contributed by atoms with Crippen molar-refractivity contribution in [2.75, 3.05) is 14.2 Å². The maximum absolute atomic E-state index is 14.2. The van der Waals surface area contributed by atoms with E-state index in [1.807, 2.05) is 0 Å². The summed E-state index contributed by atoms with van der Waals surface area (Å²) < 4.78 is 121. The minimum atomic E-state index is -2.88. The third-order valence-corrected chi connectivity index (χ3v) is 4.93. The summed E-state index contributed by atoms with van der Waals surface area (Å²) in [5.41, 5.74) is 0. The molecule has 2 aliphatic carbocycles. The van der Waals surface area contributed by atoms with Gasteiger partial charge < -0.3 is 9.47 Å². The van der Waals surface area contributed by atoms with E-state index in [2.05, 4.69) is 9.47 Å². The largest absolute Gasteiger partial charge is 0.375 e. The molecule has 2 rings (SSSR count). The summed E-state index contributed by atoms with van der Waals surface area (Å²) in [6.07, 6.45) is -26.6. The van der Waals surface area contributed by atoms with Crippen molar-refractivity contribution in [3.8, 4) is 0 Å². The minimum absolute atomic E-state index is 0.818. The number of ether oxygens (including phenoxy) is 2. The van der Waals surface area contributed by atoms with Gasteiger partial charge in [0.05, 0.1) is 0 Å². The van der Waals surface area contributed by atoms with Crippen LogP contribution < -0.4 is 0 Å². The Labute approximate surface area is 133 Å². The Hall–Kier alpha value is -0.640. The van der Waals surface area contributed by atoms with E-state index in [0.717, 1.165) is 14.2 Å². The van der Waals surface area contributed by atoms with Gasteiger partial charge in [-0.15, -0.1) is 0 Å². The standard InChI is InChI=1S/C14H18F8O2/c1-23-13-9(19)5(15)3(6(16)10(13)20)4-7(17)11(21)14(24-2)12(22)8(4)18/h3-14H,1-2H3. The van der Waals surface area contributed by atoms with Crippen molar-refractivity contribution in [2.45, 2.75) is 61.6 Å². The molecule has 2 fully saturated rings. The lowest BCUT2D eigenvalue weighted by atomic mass is 9.66. The molecule has 0 spiro atoms. The molecule has 0 N–H and O–H groups in total. The predicted octanol–water partition coefficient (Wildman–Crippen LogP) is 2.98. The Balaban J connectivity index is 2.34. The van der Waals surface area contributed by atoms with Gasteiger partial charge in [-0.1, -0.05) is 0 Å². The van der Waals surface area contributed by atoms with Gasteiger partial charge in [0.1, 0.15) is 36.9 Å². The lowest BCUT2D eigenvalue weighted by Crippen LogP contribution is -2.65. The fourth-order valence-electron chi connectivity index (χ4n) is 3.65. The fraction of sp³-hybridized carbons (Fsp3) is 1.00. The molecule has 0 saturated heterocycles. The molecule has 142 valence electrons. The quantitative estimate of drug-likeness (QED) is 0.712. The molecule has 0 aromatic rings. The maximum atomic E-state index is 14.2. The van der Waals surface area contributed by atoms with Gasteiger partial charge in [-0.25, -0.2) is 35.1 Å². The van der Waals surface area contributed by atoms with E-state index >= 15 is 0 Å². The molecule has 8 unspecified atom stereocenters. The van der Waals surface area contributed by atoms with E-state index in [0.29, 0.717) is 0 Å². The van der Waals surface area contributed by atoms with E-state index in [1.165, 1.54) is 0 Å². The molecule has 2 nitrogen and oxygen atoms in total. The van der Waals surface area contributed by atoms with Crippen LogP contribution in [0.1, 0.15) is 0 Å². The molecular formula is C14H18F8O2. The highest BCUT2D eigenvalue weighted by molar-refractivity contribution is 5.09. The maximum Gasteiger partial charge on any atom is 0.160 e. The van der Waals surface area contributed by atoms with Crippen molar-refractivity contribution in [3.63, 3.8) is 0 Å². The van der Waals surface area contributed by atoms with Gasteiger partial charge in [-0.3, -0.25) is 0 Å². The second kappa shape index (κ2) is 7.31. The summed E-state index contributed by atoms with van der Waals surface area (Å²) in [5.74, 6) is -5.05. The van der Waals surface area contributed by atoms with Crippen LogP contribution in [0.4, 0.5) is 35.1 Å². The zero-order valence-corrected chi connectivity index (χ0v) is 12.8. The molecule has 0 aromatic heterocycles. The van der Waals surface area contributed by atoms with Crippen LogP contribution in [-0.4, -0.2) is 75.8 Å². The molecule has 0 aliphatic heterocycles. The fourth-order valence-corrected chi connectivity index (χ4v) is 3.65. The van der Waals surface area contributed by atoms with Crippen molar-refractivity contribution in [3.05, 3.63) is 0 Å². The van der Waals surface area contributed by atoms with Gasteiger partial charge in [0.25, 0.3) is 0 Å². The summed E-state index contributed by atoms with van der Waals surface area (Å²) in [5, 5.41) is 0. The first kappa shape index (κ1) is 19.7. The molecule has 0 amide bonds. The molecule has 2 saturated carbocycles. The Kier molecular flexibility index (Phi) is 5.99. The summed E-state index contributed by atoms with van der Waals surface area (Å²) in [7, 11) is 1.64. The highest BCUT2D eigenvalue weighted by Crippen LogP contribution is 2.47. The van der Waals surface area contributed by atoms with Crippen molar-refractivity contribution in [1.82, 2.24) is 0 Å². The number of halogens is 8. The van der Waals surface area contributed by atoms with Gasteiger partial charge in [0.15, 0.2) is 24.7 Å². The zero-order valence-electron chi connectivity index (χ0n) is 12.8. The average Bonchev–Trinajstić information content (AvgIpc) is 2.55. The van der Waals surface area contributed by atoms with E-state index < -0.39 is 73.4 Å². The summed E-state index contributed by atoms with van der Waals surface area (Å²) >= 11 is 0. The molecular weight excluding hydrogens is 352 g/mol. The van der Waals surface area contributed by atoms with Crippen LogP contribution in [0.25, 0.3) is 0 Å². The SMILES string of the molecule is COC1C(F)C(F)C(C2C(F)C(F)C(OC)C(F)C2F)C(F)C1F. The lowest BCUT2D eigenvalue weighted by Gasteiger charge is -2.47. The molecule has 24 heavy (non-hydrogen) atoms. The molecule has 10 heteroatoms. The molecule has 0 aromatic carbocycles. The van der Waals surface area contributed by atoms with Crippen LogP contribution in [-0.2, 0) is 9.47 Å². The van der Waals surface area contributed by atoms with Crippen molar-refractivity contribution < 1.29 is 44.6 Å². The van der Waals surface area contributed by atoms with Gasteiger partial charge in [0, 0.05) is 26.1 Å². The van der Waals surface area contributed by atoms with Crippen LogP contribution in [0.3, 0.4) is 0 Å². The molecule has 0 bridgehead atoms. The highest BCUT2D eigenvalue weighted by Gasteiger charge is 2.63. The Morgan fingerprint density at radius 1 is 0.417 bits per heavy atom. The Bertz CT molecular complexity index is 360. The number of hydrogen-bond acceptors (Lipinski definition) is 2. The molecule has 0 radical (unpaired) electrons.